The van der Waals surface area contributed by atoms with Crippen LogP contribution in [-0.4, -0.2) is 24.1 Å². The standard InChI is InChI=1S/C13H18N2O2/c1-13(2,8-14)15-12(16)11-7-9-5-3-4-6-10(9)17-11/h3-6,11H,7-8,14H2,1-2H3,(H,15,16). The smallest absolute Gasteiger partial charge is 0.261 e. The summed E-state index contributed by atoms with van der Waals surface area (Å²) in [6, 6.07) is 7.72. The summed E-state index contributed by atoms with van der Waals surface area (Å²) in [5.41, 5.74) is 6.27. The maximum absolute atomic E-state index is 12.0. The van der Waals surface area contributed by atoms with Crippen molar-refractivity contribution in [2.45, 2.75) is 31.9 Å². The predicted molar refractivity (Wildman–Crippen MR) is 65.8 cm³/mol. The molecule has 0 spiro atoms. The summed E-state index contributed by atoms with van der Waals surface area (Å²) < 4.78 is 5.61. The number of carbonyl (C=O) groups is 1. The second-order valence-electron chi connectivity index (χ2n) is 5.00. The molecule has 0 aromatic heterocycles. The number of nitrogens with one attached hydrogen (secondary N) is 1. The molecule has 0 bridgehead atoms. The fourth-order valence-electron chi connectivity index (χ4n) is 1.79. The highest BCUT2D eigenvalue weighted by molar-refractivity contribution is 5.83. The molecule has 1 aliphatic rings. The molecule has 0 fully saturated rings. The zero-order chi connectivity index (χ0) is 12.5. The largest absolute Gasteiger partial charge is 0.480 e. The van der Waals surface area contributed by atoms with Gasteiger partial charge in [-0.3, -0.25) is 4.79 Å². The molecule has 1 aromatic carbocycles. The number of amides is 1. The lowest BCUT2D eigenvalue weighted by molar-refractivity contribution is -0.128. The summed E-state index contributed by atoms with van der Waals surface area (Å²) in [6.45, 7) is 4.19. The van der Waals surface area contributed by atoms with Crippen LogP contribution in [0.4, 0.5) is 0 Å². The Morgan fingerprint density at radius 3 is 2.88 bits per heavy atom. The van der Waals surface area contributed by atoms with Gasteiger partial charge in [-0.25, -0.2) is 0 Å². The fourth-order valence-corrected chi connectivity index (χ4v) is 1.79. The number of carbonyl (C=O) groups excluding carboxylic acids is 1. The third-order valence-electron chi connectivity index (χ3n) is 2.91. The van der Waals surface area contributed by atoms with E-state index in [0.29, 0.717) is 13.0 Å². The average molecular weight is 234 g/mol. The molecule has 1 aliphatic heterocycles. The van der Waals surface area contributed by atoms with Gasteiger partial charge in [0.1, 0.15) is 5.75 Å². The van der Waals surface area contributed by atoms with E-state index >= 15 is 0 Å². The van der Waals surface area contributed by atoms with E-state index in [1.54, 1.807) is 0 Å². The van der Waals surface area contributed by atoms with E-state index in [9.17, 15) is 4.79 Å². The Hall–Kier alpha value is -1.55. The van der Waals surface area contributed by atoms with Gasteiger partial charge < -0.3 is 15.8 Å². The van der Waals surface area contributed by atoms with Crippen molar-refractivity contribution >= 4 is 5.91 Å². The first-order chi connectivity index (χ1) is 8.02. The first-order valence-electron chi connectivity index (χ1n) is 5.78. The molecule has 1 unspecified atom stereocenters. The minimum absolute atomic E-state index is 0.100. The Labute approximate surface area is 101 Å². The molecule has 1 heterocycles. The van der Waals surface area contributed by atoms with E-state index in [4.69, 9.17) is 10.5 Å². The van der Waals surface area contributed by atoms with Gasteiger partial charge in [0.05, 0.1) is 0 Å². The highest BCUT2D eigenvalue weighted by Crippen LogP contribution is 2.28. The van der Waals surface area contributed by atoms with E-state index in [0.717, 1.165) is 11.3 Å². The molecule has 17 heavy (non-hydrogen) atoms. The van der Waals surface area contributed by atoms with Gasteiger partial charge in [0.15, 0.2) is 6.10 Å². The van der Waals surface area contributed by atoms with Crippen LogP contribution in [0.1, 0.15) is 19.4 Å². The summed E-state index contributed by atoms with van der Waals surface area (Å²) in [4.78, 5) is 12.0. The highest BCUT2D eigenvalue weighted by Gasteiger charge is 2.31. The SMILES string of the molecule is CC(C)(CN)NC(=O)C1Cc2ccccc2O1. The van der Waals surface area contributed by atoms with Crippen LogP contribution >= 0.6 is 0 Å². The van der Waals surface area contributed by atoms with Crippen molar-refractivity contribution in [1.82, 2.24) is 5.32 Å². The minimum atomic E-state index is -0.432. The number of ether oxygens (including phenoxy) is 1. The first kappa shape index (κ1) is 11.9. The van der Waals surface area contributed by atoms with E-state index in [1.165, 1.54) is 0 Å². The van der Waals surface area contributed by atoms with Gasteiger partial charge >= 0.3 is 0 Å². The second-order valence-corrected chi connectivity index (χ2v) is 5.00. The Morgan fingerprint density at radius 1 is 1.53 bits per heavy atom. The maximum atomic E-state index is 12.0. The van der Waals surface area contributed by atoms with Crippen LogP contribution in [0.15, 0.2) is 24.3 Å². The lowest BCUT2D eigenvalue weighted by atomic mass is 10.0. The number of hydrogen-bond donors (Lipinski definition) is 2. The zero-order valence-corrected chi connectivity index (χ0v) is 10.2. The number of hydrogen-bond acceptors (Lipinski definition) is 3. The molecular weight excluding hydrogens is 216 g/mol. The second kappa shape index (κ2) is 4.37. The summed E-state index contributed by atoms with van der Waals surface area (Å²) in [6.07, 6.45) is 0.195. The molecule has 0 saturated heterocycles. The van der Waals surface area contributed by atoms with Gasteiger partial charge in [-0.15, -0.1) is 0 Å². The molecule has 1 amide bonds. The van der Waals surface area contributed by atoms with Crippen LogP contribution < -0.4 is 15.8 Å². The van der Waals surface area contributed by atoms with Gasteiger partial charge in [0.25, 0.3) is 5.91 Å². The topological polar surface area (TPSA) is 64.3 Å². The number of fused-ring (bicyclic) bond motifs is 1. The zero-order valence-electron chi connectivity index (χ0n) is 10.2. The molecule has 0 saturated carbocycles. The van der Waals surface area contributed by atoms with Crippen molar-refractivity contribution in [3.8, 4) is 5.75 Å². The summed E-state index contributed by atoms with van der Waals surface area (Å²) in [7, 11) is 0. The molecule has 4 heteroatoms. The number of benzene rings is 1. The molecule has 4 nitrogen and oxygen atoms in total. The van der Waals surface area contributed by atoms with Crippen LogP contribution in [0.2, 0.25) is 0 Å². The third-order valence-corrected chi connectivity index (χ3v) is 2.91. The van der Waals surface area contributed by atoms with Gasteiger partial charge in [-0.05, 0) is 25.5 Å². The normalized spacial score (nSPS) is 18.4. The van der Waals surface area contributed by atoms with E-state index in [-0.39, 0.29) is 5.91 Å². The Bertz CT molecular complexity index is 404. The van der Waals surface area contributed by atoms with E-state index < -0.39 is 11.6 Å². The van der Waals surface area contributed by atoms with E-state index in [2.05, 4.69) is 5.32 Å². The van der Waals surface area contributed by atoms with Crippen molar-refractivity contribution < 1.29 is 9.53 Å². The molecular formula is C13H18N2O2. The quantitative estimate of drug-likeness (QED) is 0.814. The molecule has 0 radical (unpaired) electrons. The van der Waals surface area contributed by atoms with Crippen LogP contribution in [0.3, 0.4) is 0 Å². The van der Waals surface area contributed by atoms with Crippen molar-refractivity contribution in [1.29, 1.82) is 0 Å². The van der Waals surface area contributed by atoms with Crippen LogP contribution in [0, 0.1) is 0 Å². The molecule has 92 valence electrons. The molecule has 1 aromatic rings. The molecule has 0 aliphatic carbocycles. The van der Waals surface area contributed by atoms with Crippen molar-refractivity contribution in [3.05, 3.63) is 29.8 Å². The van der Waals surface area contributed by atoms with Crippen LogP contribution in [0.5, 0.6) is 5.75 Å². The van der Waals surface area contributed by atoms with Gasteiger partial charge in [-0.2, -0.15) is 0 Å². The summed E-state index contributed by atoms with van der Waals surface area (Å²) >= 11 is 0. The van der Waals surface area contributed by atoms with E-state index in [1.807, 2.05) is 38.1 Å². The van der Waals surface area contributed by atoms with Gasteiger partial charge in [0, 0.05) is 18.5 Å². The Kier molecular flexibility index (Phi) is 3.07. The number of nitrogens with two attached hydrogens (primary N) is 1. The van der Waals surface area contributed by atoms with Crippen molar-refractivity contribution in [2.24, 2.45) is 5.73 Å². The predicted octanol–water partition coefficient (Wildman–Crippen LogP) is 0.844. The van der Waals surface area contributed by atoms with Crippen molar-refractivity contribution in [3.63, 3.8) is 0 Å². The Morgan fingerprint density at radius 2 is 2.24 bits per heavy atom. The van der Waals surface area contributed by atoms with Gasteiger partial charge in [0.2, 0.25) is 0 Å². The molecule has 2 rings (SSSR count). The number of para-hydroxylation sites is 1. The van der Waals surface area contributed by atoms with Crippen LogP contribution in [-0.2, 0) is 11.2 Å². The maximum Gasteiger partial charge on any atom is 0.261 e. The van der Waals surface area contributed by atoms with Crippen LogP contribution in [0.25, 0.3) is 0 Å². The lowest BCUT2D eigenvalue weighted by Crippen LogP contribution is -2.52. The Balaban J connectivity index is 2.01. The third kappa shape index (κ3) is 2.58. The minimum Gasteiger partial charge on any atom is -0.480 e. The lowest BCUT2D eigenvalue weighted by Gasteiger charge is -2.25. The molecule has 1 atom stereocenters. The summed E-state index contributed by atoms with van der Waals surface area (Å²) in [5.74, 6) is 0.704. The average Bonchev–Trinajstić information content (AvgIpc) is 2.72. The molecule has 3 N–H and O–H groups in total. The highest BCUT2D eigenvalue weighted by atomic mass is 16.5. The van der Waals surface area contributed by atoms with Gasteiger partial charge in [-0.1, -0.05) is 18.2 Å². The summed E-state index contributed by atoms with van der Waals surface area (Å²) in [5, 5.41) is 2.89. The van der Waals surface area contributed by atoms with Crippen molar-refractivity contribution in [2.75, 3.05) is 6.54 Å². The first-order valence-corrected chi connectivity index (χ1v) is 5.78. The monoisotopic (exact) mass is 234 g/mol. The number of rotatable bonds is 3. The fraction of sp³-hybridized carbons (Fsp3) is 0.462.